The molecule has 1 amide bonds. The molecule has 0 unspecified atom stereocenters. The van der Waals surface area contributed by atoms with E-state index in [9.17, 15) is 18.0 Å². The Bertz CT molecular complexity index is 1180. The minimum Gasteiger partial charge on any atom is -0.495 e. The molecule has 142 valence electrons. The lowest BCUT2D eigenvalue weighted by Crippen LogP contribution is -2.13. The normalized spacial score (nSPS) is 11.7. The molecule has 0 saturated carbocycles. The zero-order valence-corrected chi connectivity index (χ0v) is 14.6. The van der Waals surface area contributed by atoms with Crippen molar-refractivity contribution in [1.29, 1.82) is 0 Å². The van der Waals surface area contributed by atoms with Gasteiger partial charge in [0.1, 0.15) is 16.9 Å². The summed E-state index contributed by atoms with van der Waals surface area (Å²) < 4.78 is 49.2. The number of benzene rings is 3. The summed E-state index contributed by atoms with van der Waals surface area (Å²) >= 11 is 0. The van der Waals surface area contributed by atoms with Gasteiger partial charge in [-0.3, -0.25) is 4.79 Å². The number of alkyl halides is 3. The molecule has 0 aliphatic carbocycles. The zero-order chi connectivity index (χ0) is 19.9. The lowest BCUT2D eigenvalue weighted by Gasteiger charge is -2.11. The average Bonchev–Trinajstić information content (AvgIpc) is 3.04. The maximum atomic E-state index is 12.7. The summed E-state index contributed by atoms with van der Waals surface area (Å²) in [5, 5.41) is 4.41. The number of methoxy groups -OCH3 is 1. The van der Waals surface area contributed by atoms with Crippen LogP contribution in [0.1, 0.15) is 15.9 Å². The van der Waals surface area contributed by atoms with Gasteiger partial charge >= 0.3 is 6.18 Å². The molecule has 4 nitrogen and oxygen atoms in total. The summed E-state index contributed by atoms with van der Waals surface area (Å²) in [5.74, 6) is -0.137. The van der Waals surface area contributed by atoms with Crippen LogP contribution in [0, 0.1) is 0 Å². The van der Waals surface area contributed by atoms with Crippen molar-refractivity contribution in [2.45, 2.75) is 6.18 Å². The summed E-state index contributed by atoms with van der Waals surface area (Å²) in [6.07, 6.45) is -4.45. The lowest BCUT2D eigenvalue weighted by atomic mass is 10.1. The van der Waals surface area contributed by atoms with Crippen molar-refractivity contribution >= 4 is 33.5 Å². The molecule has 4 rings (SSSR count). The minimum absolute atomic E-state index is 0.0970. The monoisotopic (exact) mass is 385 g/mol. The fraction of sp³-hybridized carbons (Fsp3) is 0.0952. The van der Waals surface area contributed by atoms with Gasteiger partial charge in [-0.25, -0.2) is 0 Å². The van der Waals surface area contributed by atoms with E-state index in [0.29, 0.717) is 22.6 Å². The number of hydrogen-bond donors (Lipinski definition) is 1. The summed E-state index contributed by atoms with van der Waals surface area (Å²) in [4.78, 5) is 12.5. The summed E-state index contributed by atoms with van der Waals surface area (Å²) in [6.45, 7) is 0. The number of furan rings is 1. The number of para-hydroxylation sites is 1. The standard InChI is InChI=1S/C21H14F3NO3/c1-27-19-10-15-14-4-2-3-5-17(14)28-18(15)11-16(19)25-20(26)12-6-8-13(9-7-12)21(22,23)24/h2-11H,1H3,(H,25,26). The summed E-state index contributed by atoms with van der Waals surface area (Å²) in [7, 11) is 1.47. The van der Waals surface area contributed by atoms with Crippen molar-refractivity contribution in [3.05, 3.63) is 71.8 Å². The highest BCUT2D eigenvalue weighted by molar-refractivity contribution is 6.10. The Kier molecular flexibility index (Phi) is 4.22. The molecule has 28 heavy (non-hydrogen) atoms. The second kappa shape index (κ2) is 6.60. The first-order valence-corrected chi connectivity index (χ1v) is 8.35. The Balaban J connectivity index is 1.68. The van der Waals surface area contributed by atoms with Crippen molar-refractivity contribution < 1.29 is 27.1 Å². The molecular weight excluding hydrogens is 371 g/mol. The largest absolute Gasteiger partial charge is 0.495 e. The van der Waals surface area contributed by atoms with E-state index in [1.807, 2.05) is 24.3 Å². The van der Waals surface area contributed by atoms with Crippen LogP contribution in [-0.4, -0.2) is 13.0 Å². The number of hydrogen-bond acceptors (Lipinski definition) is 3. The maximum Gasteiger partial charge on any atom is 0.416 e. The molecule has 7 heteroatoms. The van der Waals surface area contributed by atoms with Crippen LogP contribution < -0.4 is 10.1 Å². The van der Waals surface area contributed by atoms with E-state index in [-0.39, 0.29) is 5.56 Å². The molecule has 3 aromatic carbocycles. The van der Waals surface area contributed by atoms with Gasteiger partial charge in [-0.1, -0.05) is 18.2 Å². The quantitative estimate of drug-likeness (QED) is 0.480. The van der Waals surface area contributed by atoms with Crippen molar-refractivity contribution in [1.82, 2.24) is 0 Å². The number of nitrogens with one attached hydrogen (secondary N) is 1. The van der Waals surface area contributed by atoms with Crippen LogP contribution in [0.3, 0.4) is 0 Å². The second-order valence-electron chi connectivity index (χ2n) is 6.18. The van der Waals surface area contributed by atoms with Gasteiger partial charge in [-0.2, -0.15) is 13.2 Å². The fourth-order valence-corrected chi connectivity index (χ4v) is 3.02. The number of carbonyl (C=O) groups is 1. The third-order valence-electron chi connectivity index (χ3n) is 4.42. The van der Waals surface area contributed by atoms with Crippen LogP contribution in [0.4, 0.5) is 18.9 Å². The van der Waals surface area contributed by atoms with Gasteiger partial charge in [-0.05, 0) is 36.4 Å². The first kappa shape index (κ1) is 17.9. The molecule has 0 fully saturated rings. The van der Waals surface area contributed by atoms with E-state index < -0.39 is 17.6 Å². The van der Waals surface area contributed by atoms with Crippen LogP contribution in [0.15, 0.2) is 65.1 Å². The van der Waals surface area contributed by atoms with Gasteiger partial charge in [0.25, 0.3) is 5.91 Å². The third kappa shape index (κ3) is 3.15. The van der Waals surface area contributed by atoms with E-state index in [2.05, 4.69) is 5.32 Å². The van der Waals surface area contributed by atoms with Crippen LogP contribution in [-0.2, 0) is 6.18 Å². The van der Waals surface area contributed by atoms with E-state index in [0.717, 1.165) is 35.0 Å². The molecule has 0 aliphatic rings. The molecule has 1 heterocycles. The molecule has 0 atom stereocenters. The smallest absolute Gasteiger partial charge is 0.416 e. The van der Waals surface area contributed by atoms with Gasteiger partial charge in [0.05, 0.1) is 18.4 Å². The first-order valence-electron chi connectivity index (χ1n) is 8.35. The molecule has 0 aliphatic heterocycles. The lowest BCUT2D eigenvalue weighted by molar-refractivity contribution is -0.137. The van der Waals surface area contributed by atoms with E-state index in [1.54, 1.807) is 12.1 Å². The minimum atomic E-state index is -4.45. The van der Waals surface area contributed by atoms with Crippen LogP contribution in [0.25, 0.3) is 21.9 Å². The fourth-order valence-electron chi connectivity index (χ4n) is 3.02. The van der Waals surface area contributed by atoms with Crippen molar-refractivity contribution in [3.8, 4) is 5.75 Å². The number of rotatable bonds is 3. The topological polar surface area (TPSA) is 51.5 Å². The predicted octanol–water partition coefficient (Wildman–Crippen LogP) is 5.87. The van der Waals surface area contributed by atoms with E-state index in [4.69, 9.17) is 9.15 Å². The van der Waals surface area contributed by atoms with E-state index in [1.165, 1.54) is 7.11 Å². The molecular formula is C21H14F3NO3. The number of ether oxygens (including phenoxy) is 1. The molecule has 0 saturated heterocycles. The first-order chi connectivity index (χ1) is 13.4. The Hall–Kier alpha value is -3.48. The van der Waals surface area contributed by atoms with Gasteiger partial charge < -0.3 is 14.5 Å². The highest BCUT2D eigenvalue weighted by Crippen LogP contribution is 2.36. The number of fused-ring (bicyclic) bond motifs is 3. The SMILES string of the molecule is COc1cc2c(cc1NC(=O)c1ccc(C(F)(F)F)cc1)oc1ccccc12. The maximum absolute atomic E-state index is 12.7. The van der Waals surface area contributed by atoms with Crippen LogP contribution >= 0.6 is 0 Å². The highest BCUT2D eigenvalue weighted by atomic mass is 19.4. The van der Waals surface area contributed by atoms with E-state index >= 15 is 0 Å². The number of halogens is 3. The Morgan fingerprint density at radius 1 is 0.964 bits per heavy atom. The Morgan fingerprint density at radius 2 is 1.68 bits per heavy atom. The second-order valence-corrected chi connectivity index (χ2v) is 6.18. The Morgan fingerprint density at radius 3 is 2.36 bits per heavy atom. The third-order valence-corrected chi connectivity index (χ3v) is 4.42. The van der Waals surface area contributed by atoms with Gasteiger partial charge in [0, 0.05) is 22.4 Å². The molecule has 1 aromatic heterocycles. The molecule has 4 aromatic rings. The number of amides is 1. The van der Waals surface area contributed by atoms with Crippen LogP contribution in [0.2, 0.25) is 0 Å². The Labute approximate surface area is 157 Å². The van der Waals surface area contributed by atoms with Gasteiger partial charge in [0.15, 0.2) is 0 Å². The van der Waals surface area contributed by atoms with Crippen molar-refractivity contribution in [3.63, 3.8) is 0 Å². The van der Waals surface area contributed by atoms with Gasteiger partial charge in [-0.15, -0.1) is 0 Å². The number of anilines is 1. The average molecular weight is 385 g/mol. The zero-order valence-electron chi connectivity index (χ0n) is 14.6. The highest BCUT2D eigenvalue weighted by Gasteiger charge is 2.30. The number of carbonyl (C=O) groups excluding carboxylic acids is 1. The van der Waals surface area contributed by atoms with Gasteiger partial charge in [0.2, 0.25) is 0 Å². The molecule has 1 N–H and O–H groups in total. The van der Waals surface area contributed by atoms with Crippen molar-refractivity contribution in [2.24, 2.45) is 0 Å². The van der Waals surface area contributed by atoms with Crippen molar-refractivity contribution in [2.75, 3.05) is 12.4 Å². The van der Waals surface area contributed by atoms with Crippen LogP contribution in [0.5, 0.6) is 5.75 Å². The molecule has 0 bridgehead atoms. The molecule has 0 spiro atoms. The predicted molar refractivity (Wildman–Crippen MR) is 99.7 cm³/mol. The molecule has 0 radical (unpaired) electrons. The summed E-state index contributed by atoms with van der Waals surface area (Å²) in [6, 6.07) is 14.9. The summed E-state index contributed by atoms with van der Waals surface area (Å²) in [5.41, 5.74) is 0.902.